The minimum absolute atomic E-state index is 0. The van der Waals surface area contributed by atoms with E-state index in [1.165, 1.54) is 19.3 Å². The lowest BCUT2D eigenvalue weighted by molar-refractivity contribution is 0.174. The monoisotopic (exact) mass is 419 g/mol. The maximum Gasteiger partial charge on any atom is 0.231 e. The number of nitrogens with one attached hydrogen (secondary N) is 2. The molecule has 22 heavy (non-hydrogen) atoms. The molecule has 0 aromatic heterocycles. The van der Waals surface area contributed by atoms with Crippen LogP contribution in [0.15, 0.2) is 23.2 Å². The van der Waals surface area contributed by atoms with Crippen LogP contribution in [-0.4, -0.2) is 25.8 Å². The van der Waals surface area contributed by atoms with Crippen LogP contribution in [0.25, 0.3) is 0 Å². The van der Waals surface area contributed by atoms with Crippen molar-refractivity contribution in [3.05, 3.63) is 23.8 Å². The summed E-state index contributed by atoms with van der Waals surface area (Å²) in [6.45, 7) is 7.04. The molecule has 1 aliphatic heterocycles. The Morgan fingerprint density at radius 3 is 2.73 bits per heavy atom. The molecular formula is C16H26IN3O2. The second kappa shape index (κ2) is 10.5. The maximum atomic E-state index is 5.38. The zero-order chi connectivity index (χ0) is 14.9. The third kappa shape index (κ3) is 5.90. The first-order chi connectivity index (χ1) is 10.3. The highest BCUT2D eigenvalue weighted by atomic mass is 127. The number of unbranched alkanes of at least 4 members (excludes halogenated alkanes) is 2. The lowest BCUT2D eigenvalue weighted by Gasteiger charge is -2.11. The van der Waals surface area contributed by atoms with E-state index in [0.717, 1.165) is 36.1 Å². The van der Waals surface area contributed by atoms with Crippen LogP contribution in [0.1, 0.15) is 38.7 Å². The second-order valence-electron chi connectivity index (χ2n) is 5.02. The van der Waals surface area contributed by atoms with Crippen molar-refractivity contribution >= 4 is 29.9 Å². The van der Waals surface area contributed by atoms with Gasteiger partial charge in [0, 0.05) is 13.1 Å². The summed E-state index contributed by atoms with van der Waals surface area (Å²) in [7, 11) is 0. The van der Waals surface area contributed by atoms with E-state index in [0.29, 0.717) is 13.3 Å². The molecule has 1 heterocycles. The molecule has 6 heteroatoms. The summed E-state index contributed by atoms with van der Waals surface area (Å²) in [4.78, 5) is 4.60. The highest BCUT2D eigenvalue weighted by Gasteiger charge is 2.12. The predicted molar refractivity (Wildman–Crippen MR) is 100 cm³/mol. The normalized spacial score (nSPS) is 12.7. The Kier molecular flexibility index (Phi) is 9.03. The van der Waals surface area contributed by atoms with Gasteiger partial charge in [-0.1, -0.05) is 25.8 Å². The number of halogens is 1. The van der Waals surface area contributed by atoms with Gasteiger partial charge in [0.2, 0.25) is 6.79 Å². The Hall–Kier alpha value is -1.18. The van der Waals surface area contributed by atoms with Gasteiger partial charge < -0.3 is 20.1 Å². The smallest absolute Gasteiger partial charge is 0.231 e. The third-order valence-corrected chi connectivity index (χ3v) is 3.27. The number of ether oxygens (including phenoxy) is 2. The molecule has 124 valence electrons. The lowest BCUT2D eigenvalue weighted by Crippen LogP contribution is -2.37. The third-order valence-electron chi connectivity index (χ3n) is 3.27. The van der Waals surface area contributed by atoms with E-state index in [2.05, 4.69) is 29.5 Å². The minimum atomic E-state index is 0. The summed E-state index contributed by atoms with van der Waals surface area (Å²) in [6, 6.07) is 5.96. The molecular weight excluding hydrogens is 393 g/mol. The van der Waals surface area contributed by atoms with Crippen LogP contribution < -0.4 is 20.1 Å². The van der Waals surface area contributed by atoms with E-state index in [4.69, 9.17) is 9.47 Å². The van der Waals surface area contributed by atoms with Gasteiger partial charge in [-0.25, -0.2) is 4.99 Å². The summed E-state index contributed by atoms with van der Waals surface area (Å²) in [6.07, 6.45) is 3.64. The molecule has 0 radical (unpaired) electrons. The Bertz CT molecular complexity index is 480. The minimum Gasteiger partial charge on any atom is -0.454 e. The van der Waals surface area contributed by atoms with E-state index in [1.54, 1.807) is 0 Å². The van der Waals surface area contributed by atoms with Crippen LogP contribution in [0, 0.1) is 0 Å². The van der Waals surface area contributed by atoms with Crippen molar-refractivity contribution in [3.8, 4) is 11.5 Å². The van der Waals surface area contributed by atoms with E-state index in [9.17, 15) is 0 Å². The maximum absolute atomic E-state index is 5.38. The van der Waals surface area contributed by atoms with Crippen molar-refractivity contribution in [2.24, 2.45) is 4.99 Å². The fourth-order valence-electron chi connectivity index (χ4n) is 2.13. The molecule has 0 saturated heterocycles. The van der Waals surface area contributed by atoms with Gasteiger partial charge in [-0.2, -0.15) is 0 Å². The number of rotatable bonds is 7. The second-order valence-corrected chi connectivity index (χ2v) is 5.02. The van der Waals surface area contributed by atoms with E-state index in [-0.39, 0.29) is 24.0 Å². The van der Waals surface area contributed by atoms with Gasteiger partial charge in [-0.15, -0.1) is 24.0 Å². The fourth-order valence-corrected chi connectivity index (χ4v) is 2.13. The molecule has 1 aromatic rings. The topological polar surface area (TPSA) is 54.9 Å². The molecule has 0 unspecified atom stereocenters. The molecule has 2 N–H and O–H groups in total. The molecule has 0 bridgehead atoms. The molecule has 0 amide bonds. The fraction of sp³-hybridized carbons (Fsp3) is 0.562. The van der Waals surface area contributed by atoms with Gasteiger partial charge in [-0.05, 0) is 31.0 Å². The predicted octanol–water partition coefficient (Wildman–Crippen LogP) is 3.28. The van der Waals surface area contributed by atoms with Crippen LogP contribution >= 0.6 is 24.0 Å². The van der Waals surface area contributed by atoms with Crippen molar-refractivity contribution in [1.82, 2.24) is 10.6 Å². The van der Waals surface area contributed by atoms with Gasteiger partial charge in [0.25, 0.3) is 0 Å². The number of aliphatic imine (C=N–C) groups is 1. The zero-order valence-electron chi connectivity index (χ0n) is 13.4. The van der Waals surface area contributed by atoms with Crippen LogP contribution in [0.5, 0.6) is 11.5 Å². The largest absolute Gasteiger partial charge is 0.454 e. The highest BCUT2D eigenvalue weighted by Crippen LogP contribution is 2.32. The number of hydrogen-bond acceptors (Lipinski definition) is 3. The average Bonchev–Trinajstić information content (AvgIpc) is 2.96. The average molecular weight is 419 g/mol. The molecule has 0 fully saturated rings. The Balaban J connectivity index is 0.00000242. The first kappa shape index (κ1) is 18.9. The molecule has 0 saturated carbocycles. The summed E-state index contributed by atoms with van der Waals surface area (Å²) >= 11 is 0. The molecule has 5 nitrogen and oxygen atoms in total. The van der Waals surface area contributed by atoms with Gasteiger partial charge in [0.1, 0.15) is 0 Å². The standard InChI is InChI=1S/C16H25N3O2.HI/c1-3-5-6-9-18-16(17-4-2)19-11-13-7-8-14-15(10-13)21-12-20-14;/h7-8,10H,3-6,9,11-12H2,1-2H3,(H2,17,18,19);1H. The number of hydrogen-bond donors (Lipinski definition) is 2. The first-order valence-corrected chi connectivity index (χ1v) is 7.74. The zero-order valence-corrected chi connectivity index (χ0v) is 15.7. The Morgan fingerprint density at radius 1 is 1.14 bits per heavy atom. The van der Waals surface area contributed by atoms with Crippen molar-refractivity contribution in [2.45, 2.75) is 39.7 Å². The summed E-state index contributed by atoms with van der Waals surface area (Å²) in [5, 5.41) is 6.63. The summed E-state index contributed by atoms with van der Waals surface area (Å²) in [5.74, 6) is 2.49. The van der Waals surface area contributed by atoms with Crippen molar-refractivity contribution in [2.75, 3.05) is 19.9 Å². The molecule has 1 aliphatic rings. The van der Waals surface area contributed by atoms with Crippen molar-refractivity contribution in [3.63, 3.8) is 0 Å². The van der Waals surface area contributed by atoms with Crippen LogP contribution in [0.2, 0.25) is 0 Å². The van der Waals surface area contributed by atoms with Crippen LogP contribution in [0.3, 0.4) is 0 Å². The SMILES string of the molecule is CCCCCNC(=NCc1ccc2c(c1)OCO2)NCC.I. The molecule has 0 atom stereocenters. The van der Waals surface area contributed by atoms with Crippen molar-refractivity contribution < 1.29 is 9.47 Å². The highest BCUT2D eigenvalue weighted by molar-refractivity contribution is 14.0. The van der Waals surface area contributed by atoms with Gasteiger partial charge in [-0.3, -0.25) is 0 Å². The number of nitrogens with zero attached hydrogens (tertiary/aromatic N) is 1. The quantitative estimate of drug-likeness (QED) is 0.308. The lowest BCUT2D eigenvalue weighted by atomic mass is 10.2. The Morgan fingerprint density at radius 2 is 1.95 bits per heavy atom. The molecule has 2 rings (SSSR count). The molecule has 0 spiro atoms. The van der Waals surface area contributed by atoms with E-state index >= 15 is 0 Å². The van der Waals surface area contributed by atoms with Crippen LogP contribution in [-0.2, 0) is 6.54 Å². The first-order valence-electron chi connectivity index (χ1n) is 7.74. The number of fused-ring (bicyclic) bond motifs is 1. The summed E-state index contributed by atoms with van der Waals surface area (Å²) in [5.41, 5.74) is 1.12. The van der Waals surface area contributed by atoms with Crippen molar-refractivity contribution in [1.29, 1.82) is 0 Å². The van der Waals surface area contributed by atoms with Gasteiger partial charge in [0.05, 0.1) is 6.54 Å². The van der Waals surface area contributed by atoms with E-state index in [1.807, 2.05) is 18.2 Å². The van der Waals surface area contributed by atoms with E-state index < -0.39 is 0 Å². The molecule has 0 aliphatic carbocycles. The molecule has 1 aromatic carbocycles. The van der Waals surface area contributed by atoms with Gasteiger partial charge in [0.15, 0.2) is 17.5 Å². The number of benzene rings is 1. The Labute approximate surface area is 149 Å². The van der Waals surface area contributed by atoms with Gasteiger partial charge >= 0.3 is 0 Å². The number of guanidine groups is 1. The van der Waals surface area contributed by atoms with Crippen LogP contribution in [0.4, 0.5) is 0 Å². The summed E-state index contributed by atoms with van der Waals surface area (Å²) < 4.78 is 10.7.